The largest absolute Gasteiger partial charge is 0.416 e. The summed E-state index contributed by atoms with van der Waals surface area (Å²) in [5, 5.41) is 19.9. The minimum absolute atomic E-state index is 0.0820. The molecule has 0 aliphatic carbocycles. The molecule has 0 radical (unpaired) electrons. The number of halogens is 5. The average Bonchev–Trinajstić information content (AvgIpc) is 2.26. The van der Waals surface area contributed by atoms with E-state index < -0.39 is 24.5 Å². The lowest BCUT2D eigenvalue weighted by Gasteiger charge is -2.15. The molecule has 0 saturated heterocycles. The smallest absolute Gasteiger partial charge is 0.394 e. The van der Waals surface area contributed by atoms with Crippen molar-refractivity contribution in [3.63, 3.8) is 0 Å². The first-order valence-electron chi connectivity index (χ1n) is 4.84. The van der Waals surface area contributed by atoms with E-state index in [1.807, 2.05) is 0 Å². The fraction of sp³-hybridized carbons (Fsp3) is 0.400. The molecule has 1 unspecified atom stereocenters. The number of anilines is 1. The van der Waals surface area contributed by atoms with Crippen molar-refractivity contribution in [3.8, 4) is 0 Å². The Morgan fingerprint density at radius 1 is 1.22 bits per heavy atom. The normalized spacial score (nSPS) is 13.5. The van der Waals surface area contributed by atoms with Crippen LogP contribution >= 0.6 is 23.2 Å². The number of nitrogens with one attached hydrogen (secondary N) is 1. The van der Waals surface area contributed by atoms with Crippen LogP contribution in [0.4, 0.5) is 18.9 Å². The third-order valence-corrected chi connectivity index (χ3v) is 2.69. The van der Waals surface area contributed by atoms with Crippen molar-refractivity contribution in [2.45, 2.75) is 12.3 Å². The van der Waals surface area contributed by atoms with E-state index in [-0.39, 0.29) is 22.3 Å². The zero-order valence-corrected chi connectivity index (χ0v) is 10.4. The molecule has 1 aromatic carbocycles. The van der Waals surface area contributed by atoms with E-state index in [9.17, 15) is 13.2 Å². The lowest BCUT2D eigenvalue weighted by atomic mass is 10.2. The Hall–Kier alpha value is -0.690. The molecule has 8 heteroatoms. The van der Waals surface area contributed by atoms with Gasteiger partial charge in [-0.05, 0) is 12.1 Å². The number of aliphatic hydroxyl groups excluding tert-OH is 2. The first-order chi connectivity index (χ1) is 8.25. The Kier molecular flexibility index (Phi) is 5.10. The van der Waals surface area contributed by atoms with Gasteiger partial charge < -0.3 is 15.5 Å². The third kappa shape index (κ3) is 3.91. The van der Waals surface area contributed by atoms with Crippen molar-refractivity contribution < 1.29 is 23.4 Å². The van der Waals surface area contributed by atoms with E-state index in [1.54, 1.807) is 0 Å². The second kappa shape index (κ2) is 5.97. The molecule has 1 atom stereocenters. The van der Waals surface area contributed by atoms with E-state index in [2.05, 4.69) is 5.32 Å². The predicted molar refractivity (Wildman–Crippen MR) is 63.0 cm³/mol. The van der Waals surface area contributed by atoms with Crippen LogP contribution < -0.4 is 5.32 Å². The minimum atomic E-state index is -4.53. The molecule has 102 valence electrons. The first-order valence-corrected chi connectivity index (χ1v) is 5.60. The summed E-state index contributed by atoms with van der Waals surface area (Å²) in [6.07, 6.45) is -5.59. The Morgan fingerprint density at radius 2 is 1.72 bits per heavy atom. The van der Waals surface area contributed by atoms with E-state index in [4.69, 9.17) is 33.4 Å². The zero-order chi connectivity index (χ0) is 13.9. The molecule has 0 aliphatic heterocycles. The van der Waals surface area contributed by atoms with E-state index in [1.165, 1.54) is 0 Å². The highest BCUT2D eigenvalue weighted by atomic mass is 35.5. The molecule has 0 saturated carbocycles. The maximum Gasteiger partial charge on any atom is 0.416 e. The Balaban J connectivity index is 2.95. The first kappa shape index (κ1) is 15.4. The Labute approximate surface area is 111 Å². The van der Waals surface area contributed by atoms with Gasteiger partial charge in [0.25, 0.3) is 0 Å². The van der Waals surface area contributed by atoms with Crippen LogP contribution in [0.25, 0.3) is 0 Å². The highest BCUT2D eigenvalue weighted by Gasteiger charge is 2.32. The van der Waals surface area contributed by atoms with Crippen molar-refractivity contribution in [2.24, 2.45) is 0 Å². The van der Waals surface area contributed by atoms with Gasteiger partial charge in [0, 0.05) is 6.54 Å². The van der Waals surface area contributed by atoms with Crippen LogP contribution in [0.1, 0.15) is 5.56 Å². The summed E-state index contributed by atoms with van der Waals surface area (Å²) in [5.41, 5.74) is -0.871. The Morgan fingerprint density at radius 3 is 2.11 bits per heavy atom. The second-order valence-corrected chi connectivity index (χ2v) is 4.34. The van der Waals surface area contributed by atoms with Gasteiger partial charge in [-0.2, -0.15) is 13.2 Å². The summed E-state index contributed by atoms with van der Waals surface area (Å²) in [5.74, 6) is 0. The van der Waals surface area contributed by atoms with Crippen LogP contribution in [0.3, 0.4) is 0 Å². The van der Waals surface area contributed by atoms with Crippen molar-refractivity contribution in [1.29, 1.82) is 0 Å². The van der Waals surface area contributed by atoms with Crippen LogP contribution in [0, 0.1) is 0 Å². The summed E-state index contributed by atoms with van der Waals surface area (Å²) >= 11 is 11.4. The molecule has 18 heavy (non-hydrogen) atoms. The van der Waals surface area contributed by atoms with Gasteiger partial charge in [0.05, 0.1) is 34.0 Å². The molecule has 1 rings (SSSR count). The summed E-state index contributed by atoms with van der Waals surface area (Å²) < 4.78 is 37.3. The molecule has 1 aromatic rings. The van der Waals surface area contributed by atoms with Gasteiger partial charge in [0.15, 0.2) is 0 Å². The molecule has 0 heterocycles. The van der Waals surface area contributed by atoms with Gasteiger partial charge in [-0.15, -0.1) is 0 Å². The molecule has 0 aliphatic rings. The lowest BCUT2D eigenvalue weighted by molar-refractivity contribution is -0.137. The summed E-state index contributed by atoms with van der Waals surface area (Å²) in [7, 11) is 0. The molecular weight excluding hydrogens is 294 g/mol. The monoisotopic (exact) mass is 303 g/mol. The maximum absolute atomic E-state index is 12.4. The van der Waals surface area contributed by atoms with Gasteiger partial charge in [-0.3, -0.25) is 0 Å². The van der Waals surface area contributed by atoms with Crippen molar-refractivity contribution >= 4 is 28.9 Å². The van der Waals surface area contributed by atoms with Gasteiger partial charge in [-0.25, -0.2) is 0 Å². The highest BCUT2D eigenvalue weighted by molar-refractivity contribution is 6.39. The van der Waals surface area contributed by atoms with E-state index in [0.717, 1.165) is 12.1 Å². The minimum Gasteiger partial charge on any atom is -0.394 e. The van der Waals surface area contributed by atoms with E-state index in [0.29, 0.717) is 0 Å². The number of hydrogen-bond donors (Lipinski definition) is 3. The number of hydrogen-bond acceptors (Lipinski definition) is 3. The Bertz CT molecular complexity index is 403. The molecule has 0 aromatic heterocycles. The maximum atomic E-state index is 12.4. The van der Waals surface area contributed by atoms with Crippen LogP contribution in [0.15, 0.2) is 12.1 Å². The lowest BCUT2D eigenvalue weighted by Crippen LogP contribution is -2.23. The van der Waals surface area contributed by atoms with Crippen LogP contribution in [0.2, 0.25) is 10.0 Å². The molecule has 3 nitrogen and oxygen atoms in total. The van der Waals surface area contributed by atoms with Crippen LogP contribution in [0.5, 0.6) is 0 Å². The van der Waals surface area contributed by atoms with Crippen molar-refractivity contribution in [1.82, 2.24) is 0 Å². The van der Waals surface area contributed by atoms with Crippen molar-refractivity contribution in [2.75, 3.05) is 18.5 Å². The summed E-state index contributed by atoms with van der Waals surface area (Å²) in [4.78, 5) is 0. The average molecular weight is 304 g/mol. The van der Waals surface area contributed by atoms with Gasteiger partial charge in [-0.1, -0.05) is 23.2 Å². The molecule has 3 N–H and O–H groups in total. The van der Waals surface area contributed by atoms with Gasteiger partial charge in [0.1, 0.15) is 0 Å². The van der Waals surface area contributed by atoms with Gasteiger partial charge >= 0.3 is 6.18 Å². The SMILES string of the molecule is OCC(O)CNc1c(Cl)cc(C(F)(F)F)cc1Cl. The molecular formula is C10H10Cl2F3NO2. The van der Waals surface area contributed by atoms with Crippen molar-refractivity contribution in [3.05, 3.63) is 27.7 Å². The fourth-order valence-corrected chi connectivity index (χ4v) is 1.81. The molecule has 0 amide bonds. The van der Waals surface area contributed by atoms with Gasteiger partial charge in [0.2, 0.25) is 0 Å². The van der Waals surface area contributed by atoms with Crippen LogP contribution in [-0.4, -0.2) is 29.5 Å². The third-order valence-electron chi connectivity index (χ3n) is 2.09. The summed E-state index contributed by atoms with van der Waals surface area (Å²) in [6, 6.07) is 1.47. The summed E-state index contributed by atoms with van der Waals surface area (Å²) in [6.45, 7) is -0.565. The number of rotatable bonds is 4. The molecule has 0 spiro atoms. The number of benzene rings is 1. The second-order valence-electron chi connectivity index (χ2n) is 3.53. The van der Waals surface area contributed by atoms with E-state index >= 15 is 0 Å². The standard InChI is InChI=1S/C10H10Cl2F3NO2/c11-7-1-5(10(13,14)15)2-8(12)9(7)16-3-6(18)4-17/h1-2,6,16-18H,3-4H2. The predicted octanol–water partition coefficient (Wildman–Crippen LogP) is 2.78. The fourth-order valence-electron chi connectivity index (χ4n) is 1.19. The quantitative estimate of drug-likeness (QED) is 0.802. The molecule has 0 fully saturated rings. The number of alkyl halides is 3. The topological polar surface area (TPSA) is 52.5 Å². The number of aliphatic hydroxyl groups is 2. The van der Waals surface area contributed by atoms with Crippen LogP contribution in [-0.2, 0) is 6.18 Å². The zero-order valence-electron chi connectivity index (χ0n) is 8.93. The highest BCUT2D eigenvalue weighted by Crippen LogP contribution is 2.38. The molecule has 0 bridgehead atoms.